The van der Waals surface area contributed by atoms with Crippen molar-refractivity contribution in [3.63, 3.8) is 0 Å². The normalized spacial score (nSPS) is 54.9. The Kier molecular flexibility index (Phi) is 3.09. The van der Waals surface area contributed by atoms with Gasteiger partial charge in [0.2, 0.25) is 0 Å². The number of rotatable bonds is 1. The third-order valence-corrected chi connectivity index (χ3v) is 7.79. The molecule has 0 amide bonds. The van der Waals surface area contributed by atoms with Gasteiger partial charge in [-0.3, -0.25) is 4.79 Å². The molecule has 1 heterocycles. The molecule has 0 aromatic heterocycles. The highest BCUT2D eigenvalue weighted by molar-refractivity contribution is 5.99. The van der Waals surface area contributed by atoms with Crippen LogP contribution in [0.5, 0.6) is 0 Å². The van der Waals surface area contributed by atoms with Crippen LogP contribution in [0.15, 0.2) is 11.6 Å². The first-order chi connectivity index (χ1) is 10.6. The van der Waals surface area contributed by atoms with Gasteiger partial charge in [0.1, 0.15) is 0 Å². The second-order valence-electron chi connectivity index (χ2n) is 9.57. The predicted octanol–water partition coefficient (Wildman–Crippen LogP) is 3.50. The van der Waals surface area contributed by atoms with E-state index in [4.69, 9.17) is 4.74 Å². The van der Waals surface area contributed by atoms with Crippen molar-refractivity contribution < 1.29 is 14.6 Å². The molecule has 0 bridgehead atoms. The molecule has 4 aliphatic rings. The van der Waals surface area contributed by atoms with Crippen molar-refractivity contribution in [1.82, 2.24) is 0 Å². The molecule has 0 spiro atoms. The Balaban J connectivity index is 1.78. The Morgan fingerprint density at radius 1 is 1.26 bits per heavy atom. The number of carbonyl (C=O) groups excluding carboxylic acids is 1. The third kappa shape index (κ3) is 1.93. The molecule has 1 N–H and O–H groups in total. The second-order valence-corrected chi connectivity index (χ2v) is 9.57. The van der Waals surface area contributed by atoms with Gasteiger partial charge in [-0.1, -0.05) is 26.3 Å². The number of aliphatic hydroxyl groups is 1. The first kappa shape index (κ1) is 15.8. The zero-order valence-corrected chi connectivity index (χ0v) is 15.1. The van der Waals surface area contributed by atoms with Gasteiger partial charge in [0.25, 0.3) is 0 Å². The molecule has 23 heavy (non-hydrogen) atoms. The van der Waals surface area contributed by atoms with Crippen molar-refractivity contribution in [3.8, 4) is 0 Å². The minimum absolute atomic E-state index is 0.0476. The summed E-state index contributed by atoms with van der Waals surface area (Å²) in [5.74, 6) is 1.19. The minimum Gasteiger partial charge on any atom is -0.392 e. The molecular formula is C20H30O3. The average Bonchev–Trinajstić information content (AvgIpc) is 2.99. The smallest absolute Gasteiger partial charge is 0.164 e. The molecule has 3 nitrogen and oxygen atoms in total. The average molecular weight is 318 g/mol. The summed E-state index contributed by atoms with van der Waals surface area (Å²) >= 11 is 0. The fourth-order valence-corrected chi connectivity index (χ4v) is 6.04. The van der Waals surface area contributed by atoms with Crippen molar-refractivity contribution in [2.75, 3.05) is 0 Å². The highest BCUT2D eigenvalue weighted by Gasteiger charge is 2.66. The number of epoxide rings is 1. The Bertz CT molecular complexity index is 594. The van der Waals surface area contributed by atoms with Crippen molar-refractivity contribution in [1.29, 1.82) is 0 Å². The van der Waals surface area contributed by atoms with Gasteiger partial charge < -0.3 is 9.84 Å². The fourth-order valence-electron chi connectivity index (χ4n) is 6.04. The van der Waals surface area contributed by atoms with Crippen LogP contribution in [0.2, 0.25) is 0 Å². The molecule has 4 rings (SSSR count). The Hall–Kier alpha value is -0.670. The van der Waals surface area contributed by atoms with E-state index >= 15 is 0 Å². The van der Waals surface area contributed by atoms with E-state index in [0.29, 0.717) is 17.9 Å². The van der Waals surface area contributed by atoms with Gasteiger partial charge in [-0.15, -0.1) is 0 Å². The lowest BCUT2D eigenvalue weighted by Crippen LogP contribution is -2.56. The van der Waals surface area contributed by atoms with E-state index < -0.39 is 11.5 Å². The summed E-state index contributed by atoms with van der Waals surface area (Å²) in [4.78, 5) is 12.8. The summed E-state index contributed by atoms with van der Waals surface area (Å²) in [6.07, 6.45) is 5.61. The van der Waals surface area contributed by atoms with Crippen LogP contribution in [0.4, 0.5) is 0 Å². The first-order valence-electron chi connectivity index (χ1n) is 9.23. The van der Waals surface area contributed by atoms with Crippen LogP contribution in [-0.4, -0.2) is 28.7 Å². The minimum atomic E-state index is -0.611. The third-order valence-electron chi connectivity index (χ3n) is 7.79. The van der Waals surface area contributed by atoms with Gasteiger partial charge in [-0.25, -0.2) is 0 Å². The van der Waals surface area contributed by atoms with Crippen LogP contribution in [0.25, 0.3) is 0 Å². The highest BCUT2D eigenvalue weighted by atomic mass is 16.6. The highest BCUT2D eigenvalue weighted by Crippen LogP contribution is 2.66. The summed E-state index contributed by atoms with van der Waals surface area (Å²) in [6.45, 7) is 10.9. The fraction of sp³-hybridized carbons (Fsp3) is 0.850. The first-order valence-corrected chi connectivity index (χ1v) is 9.23. The second kappa shape index (κ2) is 4.49. The monoisotopic (exact) mass is 318 g/mol. The van der Waals surface area contributed by atoms with Crippen LogP contribution < -0.4 is 0 Å². The molecule has 3 heteroatoms. The number of hydrogen-bond donors (Lipinski definition) is 1. The van der Waals surface area contributed by atoms with Gasteiger partial charge in [-0.2, -0.15) is 0 Å². The standard InChI is InChI=1S/C20H30O3/c1-11(2)12-8-14(21)20(5)15(22)9-18(3)10-16-19(4,23-16)7-6-13(18)17(12)20/h8,11,13,15-17,22H,6-7,9-10H2,1-5H3/t13-,15+,16-,17-,18+,19+,20+/m1/s1. The molecule has 0 aromatic carbocycles. The van der Waals surface area contributed by atoms with E-state index in [1.165, 1.54) is 5.57 Å². The van der Waals surface area contributed by atoms with E-state index in [-0.39, 0.29) is 22.7 Å². The van der Waals surface area contributed by atoms with Gasteiger partial charge >= 0.3 is 0 Å². The number of carbonyl (C=O) groups is 1. The van der Waals surface area contributed by atoms with Gasteiger partial charge in [-0.05, 0) is 68.8 Å². The summed E-state index contributed by atoms with van der Waals surface area (Å²) < 4.78 is 5.96. The Morgan fingerprint density at radius 2 is 1.96 bits per heavy atom. The molecule has 2 saturated carbocycles. The number of allylic oxidation sites excluding steroid dienone is 2. The van der Waals surface area contributed by atoms with Gasteiger partial charge in [0, 0.05) is 0 Å². The molecule has 7 atom stereocenters. The molecular weight excluding hydrogens is 288 g/mol. The van der Waals surface area contributed by atoms with E-state index in [0.717, 1.165) is 25.7 Å². The zero-order valence-electron chi connectivity index (χ0n) is 15.1. The zero-order chi connectivity index (χ0) is 16.8. The topological polar surface area (TPSA) is 49.8 Å². The van der Waals surface area contributed by atoms with E-state index in [9.17, 15) is 9.90 Å². The Labute approximate surface area is 139 Å². The largest absolute Gasteiger partial charge is 0.392 e. The molecule has 0 aromatic rings. The summed E-state index contributed by atoms with van der Waals surface area (Å²) in [7, 11) is 0. The molecule has 0 radical (unpaired) electrons. The molecule has 3 fully saturated rings. The molecule has 0 unspecified atom stereocenters. The summed E-state index contributed by atoms with van der Waals surface area (Å²) in [6, 6.07) is 0. The maximum atomic E-state index is 12.8. The van der Waals surface area contributed by atoms with Gasteiger partial charge in [0.05, 0.1) is 23.2 Å². The maximum absolute atomic E-state index is 12.8. The van der Waals surface area contributed by atoms with Crippen LogP contribution in [0.1, 0.15) is 60.3 Å². The van der Waals surface area contributed by atoms with Crippen molar-refractivity contribution >= 4 is 5.78 Å². The predicted molar refractivity (Wildman–Crippen MR) is 88.9 cm³/mol. The van der Waals surface area contributed by atoms with Crippen molar-refractivity contribution in [3.05, 3.63) is 11.6 Å². The Morgan fingerprint density at radius 3 is 2.61 bits per heavy atom. The SMILES string of the molecule is CC(C)C1=CC(=O)[C@]2(C)[C@H]1[C@H]1CC[C@]3(C)O[C@@H]3C[C@]1(C)C[C@@H]2O. The number of hydrogen-bond acceptors (Lipinski definition) is 3. The van der Waals surface area contributed by atoms with Crippen molar-refractivity contribution in [2.24, 2.45) is 28.6 Å². The van der Waals surface area contributed by atoms with E-state index in [1.54, 1.807) is 0 Å². The summed E-state index contributed by atoms with van der Waals surface area (Å²) in [5.41, 5.74) is 0.779. The van der Waals surface area contributed by atoms with Crippen LogP contribution >= 0.6 is 0 Å². The lowest BCUT2D eigenvalue weighted by Gasteiger charge is -2.55. The van der Waals surface area contributed by atoms with Crippen molar-refractivity contribution in [2.45, 2.75) is 78.1 Å². The molecule has 3 aliphatic carbocycles. The number of aliphatic hydroxyl groups excluding tert-OH is 1. The van der Waals surface area contributed by atoms with Crippen LogP contribution in [0, 0.1) is 28.6 Å². The lowest BCUT2D eigenvalue weighted by molar-refractivity contribution is -0.150. The maximum Gasteiger partial charge on any atom is 0.164 e. The molecule has 128 valence electrons. The quantitative estimate of drug-likeness (QED) is 0.753. The summed E-state index contributed by atoms with van der Waals surface area (Å²) in [5, 5.41) is 11.0. The van der Waals surface area contributed by atoms with E-state index in [2.05, 4.69) is 27.7 Å². The molecule has 1 saturated heterocycles. The number of ketones is 1. The number of fused-ring (bicyclic) bond motifs is 4. The van der Waals surface area contributed by atoms with Crippen LogP contribution in [-0.2, 0) is 9.53 Å². The van der Waals surface area contributed by atoms with E-state index in [1.807, 2.05) is 13.0 Å². The lowest BCUT2D eigenvalue weighted by atomic mass is 9.50. The number of ether oxygens (including phenoxy) is 1. The van der Waals surface area contributed by atoms with Crippen LogP contribution in [0.3, 0.4) is 0 Å². The van der Waals surface area contributed by atoms with Gasteiger partial charge in [0.15, 0.2) is 5.78 Å². The molecule has 1 aliphatic heterocycles.